The van der Waals surface area contributed by atoms with Crippen LogP contribution in [0.4, 0.5) is 4.79 Å². The zero-order chi connectivity index (χ0) is 22.7. The monoisotopic (exact) mass is 511 g/mol. The number of benzene rings is 1. The molecule has 4 amide bonds. The van der Waals surface area contributed by atoms with E-state index >= 15 is 0 Å². The molecule has 0 bridgehead atoms. The summed E-state index contributed by atoms with van der Waals surface area (Å²) in [6, 6.07) is 5.18. The van der Waals surface area contributed by atoms with E-state index in [-0.39, 0.29) is 29.5 Å². The summed E-state index contributed by atoms with van der Waals surface area (Å²) in [7, 11) is 1.20. The van der Waals surface area contributed by atoms with E-state index in [4.69, 9.17) is 26.5 Å². The topological polar surface area (TPSA) is 141 Å². The number of carbonyl (C=O) groups excluding carboxylic acids is 4. The highest BCUT2D eigenvalue weighted by molar-refractivity contribution is 9.10. The number of ether oxygens (including phenoxy) is 2. The Morgan fingerprint density at radius 1 is 1.32 bits per heavy atom. The van der Waals surface area contributed by atoms with Gasteiger partial charge in [-0.1, -0.05) is 11.6 Å². The number of furan rings is 1. The van der Waals surface area contributed by atoms with Crippen LogP contribution in [0.15, 0.2) is 38.9 Å². The zero-order valence-corrected chi connectivity index (χ0v) is 18.3. The molecular weight excluding hydrogens is 498 g/mol. The number of imide groups is 1. The second kappa shape index (κ2) is 9.23. The highest BCUT2D eigenvalue weighted by atomic mass is 79.9. The predicted molar refractivity (Wildman–Crippen MR) is 111 cm³/mol. The number of nitrogens with zero attached hydrogens (tertiary/aromatic N) is 1. The van der Waals surface area contributed by atoms with Gasteiger partial charge in [-0.3, -0.25) is 14.5 Å². The first-order valence-corrected chi connectivity index (χ1v) is 9.78. The quantitative estimate of drug-likeness (QED) is 0.330. The van der Waals surface area contributed by atoms with Crippen molar-refractivity contribution in [2.45, 2.75) is 6.54 Å². The van der Waals surface area contributed by atoms with E-state index in [2.05, 4.69) is 26.0 Å². The van der Waals surface area contributed by atoms with E-state index in [0.29, 0.717) is 15.1 Å². The number of methoxy groups -OCH3 is 1. The smallest absolute Gasteiger partial charge is 0.373 e. The first-order valence-electron chi connectivity index (χ1n) is 8.61. The van der Waals surface area contributed by atoms with Gasteiger partial charge in [0.05, 0.1) is 18.1 Å². The number of nitrogens with two attached hydrogens (primary N) is 1. The highest BCUT2D eigenvalue weighted by Gasteiger charge is 2.34. The molecule has 2 aromatic rings. The first kappa shape index (κ1) is 22.4. The van der Waals surface area contributed by atoms with Gasteiger partial charge in [0.2, 0.25) is 5.76 Å². The van der Waals surface area contributed by atoms with Gasteiger partial charge in [0.15, 0.2) is 6.61 Å². The van der Waals surface area contributed by atoms with Crippen molar-refractivity contribution in [1.29, 1.82) is 0 Å². The van der Waals surface area contributed by atoms with Crippen molar-refractivity contribution in [3.05, 3.63) is 56.5 Å². The molecule has 0 spiro atoms. The summed E-state index contributed by atoms with van der Waals surface area (Å²) in [5.41, 5.74) is 5.40. The lowest BCUT2D eigenvalue weighted by molar-refractivity contribution is -0.123. The second-order valence-electron chi connectivity index (χ2n) is 6.20. The number of carbonyl (C=O) groups is 4. The lowest BCUT2D eigenvalue weighted by Crippen LogP contribution is -2.30. The first-order chi connectivity index (χ1) is 14.7. The van der Waals surface area contributed by atoms with Gasteiger partial charge in [-0.2, -0.15) is 0 Å². The summed E-state index contributed by atoms with van der Waals surface area (Å²) in [6.07, 6.45) is 1.36. The molecule has 31 heavy (non-hydrogen) atoms. The van der Waals surface area contributed by atoms with E-state index in [1.54, 1.807) is 0 Å². The summed E-state index contributed by atoms with van der Waals surface area (Å²) in [6.45, 7) is -0.604. The Labute approximate surface area is 189 Å². The van der Waals surface area contributed by atoms with Crippen LogP contribution in [0.5, 0.6) is 5.75 Å². The van der Waals surface area contributed by atoms with Crippen LogP contribution in [0.25, 0.3) is 6.08 Å². The number of hydrogen-bond donors (Lipinski definition) is 2. The summed E-state index contributed by atoms with van der Waals surface area (Å²) in [5.74, 6) is -1.65. The van der Waals surface area contributed by atoms with Crippen molar-refractivity contribution in [2.75, 3.05) is 13.7 Å². The number of halogens is 2. The van der Waals surface area contributed by atoms with E-state index < -0.39 is 30.4 Å². The van der Waals surface area contributed by atoms with Crippen LogP contribution >= 0.6 is 27.5 Å². The molecular formula is C19H15BrClN3O7. The minimum Gasteiger partial charge on any atom is -0.482 e. The van der Waals surface area contributed by atoms with Crippen LogP contribution in [0.1, 0.15) is 21.9 Å². The maximum atomic E-state index is 12.8. The zero-order valence-electron chi connectivity index (χ0n) is 15.9. The molecule has 162 valence electrons. The van der Waals surface area contributed by atoms with Gasteiger partial charge in [0, 0.05) is 10.6 Å². The normalized spacial score (nSPS) is 14.7. The number of esters is 1. The van der Waals surface area contributed by atoms with Gasteiger partial charge in [0.1, 0.15) is 17.2 Å². The van der Waals surface area contributed by atoms with Gasteiger partial charge in [-0.15, -0.1) is 0 Å². The van der Waals surface area contributed by atoms with Crippen molar-refractivity contribution in [3.8, 4) is 5.75 Å². The van der Waals surface area contributed by atoms with E-state index in [0.717, 1.165) is 4.90 Å². The molecule has 1 saturated heterocycles. The number of urea groups is 1. The lowest BCUT2D eigenvalue weighted by Gasteiger charge is -2.11. The molecule has 0 aliphatic carbocycles. The molecule has 1 aromatic heterocycles. The molecule has 3 N–H and O–H groups in total. The molecule has 0 radical (unpaired) electrons. The predicted octanol–water partition coefficient (Wildman–Crippen LogP) is 2.44. The Hall–Kier alpha value is -3.31. The lowest BCUT2D eigenvalue weighted by atomic mass is 10.1. The Bertz CT molecular complexity index is 1110. The van der Waals surface area contributed by atoms with Crippen molar-refractivity contribution < 1.29 is 33.1 Å². The summed E-state index contributed by atoms with van der Waals surface area (Å²) in [4.78, 5) is 48.5. The largest absolute Gasteiger partial charge is 0.482 e. The SMILES string of the molecule is COC(=O)c1ccc(CN2C(=O)N/C(=C\c3cc(Cl)cc(Br)c3OCC(N)=O)C2=O)o1. The molecule has 0 unspecified atom stereocenters. The fourth-order valence-corrected chi connectivity index (χ4v) is 3.63. The summed E-state index contributed by atoms with van der Waals surface area (Å²) < 4.78 is 15.7. The molecule has 0 saturated carbocycles. The molecule has 1 fully saturated rings. The molecule has 10 nitrogen and oxygen atoms in total. The van der Waals surface area contributed by atoms with Gasteiger partial charge in [-0.25, -0.2) is 9.59 Å². The Kier molecular flexibility index (Phi) is 6.66. The van der Waals surface area contributed by atoms with Crippen LogP contribution in [0.2, 0.25) is 5.02 Å². The van der Waals surface area contributed by atoms with E-state index in [1.807, 2.05) is 0 Å². The average Bonchev–Trinajstić information content (AvgIpc) is 3.27. The van der Waals surface area contributed by atoms with E-state index in [1.165, 1.54) is 37.5 Å². The van der Waals surface area contributed by atoms with Crippen LogP contribution in [-0.2, 0) is 20.9 Å². The fourth-order valence-electron chi connectivity index (χ4n) is 2.68. The molecule has 2 heterocycles. The molecule has 0 atom stereocenters. The molecule has 1 aliphatic heterocycles. The standard InChI is InChI=1S/C19H15BrClN3O7/c1-29-18(27)14-3-2-11(31-14)7-24-17(26)13(23-19(24)28)5-9-4-10(21)6-12(20)16(9)30-8-15(22)25/h2-6H,7-8H2,1H3,(H2,22,25)(H,23,28)/b13-5-. The van der Waals surface area contributed by atoms with Gasteiger partial charge < -0.3 is 24.9 Å². The number of rotatable bonds is 7. The van der Waals surface area contributed by atoms with Gasteiger partial charge in [0.25, 0.3) is 11.8 Å². The van der Waals surface area contributed by atoms with Crippen molar-refractivity contribution in [3.63, 3.8) is 0 Å². The third-order valence-corrected chi connectivity index (χ3v) is 4.83. The van der Waals surface area contributed by atoms with Crippen LogP contribution in [-0.4, -0.2) is 42.4 Å². The van der Waals surface area contributed by atoms with Crippen LogP contribution in [0, 0.1) is 0 Å². The van der Waals surface area contributed by atoms with Crippen molar-refractivity contribution in [1.82, 2.24) is 10.2 Å². The number of primary amides is 1. The maximum Gasteiger partial charge on any atom is 0.373 e. The molecule has 3 rings (SSSR count). The molecule has 1 aromatic carbocycles. The molecule has 12 heteroatoms. The summed E-state index contributed by atoms with van der Waals surface area (Å²) >= 11 is 9.35. The number of nitrogens with one attached hydrogen (secondary N) is 1. The third-order valence-electron chi connectivity index (χ3n) is 4.02. The van der Waals surface area contributed by atoms with Gasteiger partial charge >= 0.3 is 12.0 Å². The average molecular weight is 513 g/mol. The molecule has 1 aliphatic rings. The summed E-state index contributed by atoms with van der Waals surface area (Å²) in [5, 5.41) is 2.78. The Morgan fingerprint density at radius 3 is 2.74 bits per heavy atom. The van der Waals surface area contributed by atoms with Crippen molar-refractivity contribution in [2.24, 2.45) is 5.73 Å². The van der Waals surface area contributed by atoms with Crippen LogP contribution < -0.4 is 15.8 Å². The Morgan fingerprint density at radius 2 is 2.06 bits per heavy atom. The number of amides is 4. The second-order valence-corrected chi connectivity index (χ2v) is 7.49. The fraction of sp³-hybridized carbons (Fsp3) is 0.158. The highest BCUT2D eigenvalue weighted by Crippen LogP contribution is 2.34. The van der Waals surface area contributed by atoms with E-state index in [9.17, 15) is 19.2 Å². The minimum absolute atomic E-state index is 0.0529. The maximum absolute atomic E-state index is 12.8. The Balaban J connectivity index is 1.86. The van der Waals surface area contributed by atoms with Crippen molar-refractivity contribution >= 4 is 57.4 Å². The minimum atomic E-state index is -0.693. The van der Waals surface area contributed by atoms with Crippen LogP contribution in [0.3, 0.4) is 0 Å². The van der Waals surface area contributed by atoms with Gasteiger partial charge in [-0.05, 0) is 46.3 Å². The number of hydrogen-bond acceptors (Lipinski definition) is 7. The third kappa shape index (κ3) is 5.06.